The molecule has 1 amide bonds. The highest BCUT2D eigenvalue weighted by Gasteiger charge is 2.39. The Hall–Kier alpha value is -1.35. The number of carbonyl (C=O) groups excluding carboxylic acids is 1. The van der Waals surface area contributed by atoms with Crippen LogP contribution in [0.5, 0.6) is 0 Å². The van der Waals surface area contributed by atoms with E-state index >= 15 is 0 Å². The van der Waals surface area contributed by atoms with E-state index in [-0.39, 0.29) is 5.91 Å². The topological polar surface area (TPSA) is 32.3 Å². The van der Waals surface area contributed by atoms with Crippen LogP contribution >= 0.6 is 0 Å². The first kappa shape index (κ1) is 12.7. The van der Waals surface area contributed by atoms with Gasteiger partial charge in [-0.3, -0.25) is 4.79 Å². The predicted molar refractivity (Wildman–Crippen MR) is 76.0 cm³/mol. The lowest BCUT2D eigenvalue weighted by atomic mass is 10.0. The Labute approximate surface area is 115 Å². The van der Waals surface area contributed by atoms with E-state index < -0.39 is 0 Å². The quantitative estimate of drug-likeness (QED) is 0.901. The summed E-state index contributed by atoms with van der Waals surface area (Å²) in [6.07, 6.45) is 3.45. The second-order valence-corrected chi connectivity index (χ2v) is 5.81. The summed E-state index contributed by atoms with van der Waals surface area (Å²) in [5, 5.41) is 3.76. The largest absolute Gasteiger partial charge is 0.343 e. The Balaban J connectivity index is 1.46. The van der Waals surface area contributed by atoms with Crippen LogP contribution in [-0.2, 0) is 4.79 Å². The van der Waals surface area contributed by atoms with Crippen LogP contribution in [0.4, 0.5) is 0 Å². The summed E-state index contributed by atoms with van der Waals surface area (Å²) in [6.45, 7) is 3.49. The molecule has 1 saturated heterocycles. The Morgan fingerprint density at radius 3 is 2.53 bits per heavy atom. The van der Waals surface area contributed by atoms with Gasteiger partial charge in [-0.25, -0.2) is 0 Å². The van der Waals surface area contributed by atoms with Gasteiger partial charge in [0.1, 0.15) is 0 Å². The average Bonchev–Trinajstić information content (AvgIpc) is 3.20. The first-order valence-electron chi connectivity index (χ1n) is 7.30. The van der Waals surface area contributed by atoms with Gasteiger partial charge in [-0.05, 0) is 24.8 Å². The molecule has 1 aromatic rings. The Morgan fingerprint density at radius 2 is 1.89 bits per heavy atom. The highest BCUT2D eigenvalue weighted by Crippen LogP contribution is 2.41. The van der Waals surface area contributed by atoms with E-state index in [2.05, 4.69) is 35.6 Å². The fourth-order valence-electron chi connectivity index (χ4n) is 3.11. The molecular formula is C16H22N2O. The van der Waals surface area contributed by atoms with Crippen LogP contribution in [0.2, 0.25) is 0 Å². The fourth-order valence-corrected chi connectivity index (χ4v) is 3.11. The van der Waals surface area contributed by atoms with Crippen LogP contribution in [0.1, 0.15) is 37.7 Å². The van der Waals surface area contributed by atoms with Crippen molar-refractivity contribution in [1.29, 1.82) is 0 Å². The molecule has 3 rings (SSSR count). The lowest BCUT2D eigenvalue weighted by molar-refractivity contribution is -0.129. The lowest BCUT2D eigenvalue weighted by Gasteiger charge is -2.32. The Bertz CT molecular complexity index is 437. The molecule has 2 unspecified atom stereocenters. The van der Waals surface area contributed by atoms with E-state index in [4.69, 9.17) is 0 Å². The summed E-state index contributed by atoms with van der Waals surface area (Å²) >= 11 is 0. The van der Waals surface area contributed by atoms with Crippen molar-refractivity contribution in [3.63, 3.8) is 0 Å². The average molecular weight is 258 g/mol. The number of likely N-dealkylation sites (tertiary alicyclic amines) is 1. The van der Waals surface area contributed by atoms with Gasteiger partial charge in [0.15, 0.2) is 0 Å². The van der Waals surface area contributed by atoms with Gasteiger partial charge in [-0.1, -0.05) is 30.3 Å². The highest BCUT2D eigenvalue weighted by molar-refractivity contribution is 5.73. The van der Waals surface area contributed by atoms with E-state index in [1.54, 1.807) is 6.92 Å². The highest BCUT2D eigenvalue weighted by atomic mass is 16.2. The van der Waals surface area contributed by atoms with Crippen LogP contribution in [0.25, 0.3) is 0 Å². The van der Waals surface area contributed by atoms with E-state index in [1.807, 2.05) is 4.90 Å². The second kappa shape index (κ2) is 5.33. The summed E-state index contributed by atoms with van der Waals surface area (Å²) in [6, 6.07) is 12.0. The number of benzene rings is 1. The van der Waals surface area contributed by atoms with Crippen molar-refractivity contribution < 1.29 is 4.79 Å². The van der Waals surface area contributed by atoms with Crippen molar-refractivity contribution in [3.8, 4) is 0 Å². The maximum absolute atomic E-state index is 11.3. The van der Waals surface area contributed by atoms with Crippen LogP contribution in [0.15, 0.2) is 30.3 Å². The first-order valence-corrected chi connectivity index (χ1v) is 7.30. The zero-order valence-corrected chi connectivity index (χ0v) is 11.5. The van der Waals surface area contributed by atoms with Crippen LogP contribution in [0, 0.1) is 0 Å². The number of rotatable bonds is 3. The summed E-state index contributed by atoms with van der Waals surface area (Å²) in [7, 11) is 0. The molecule has 1 aliphatic heterocycles. The summed E-state index contributed by atoms with van der Waals surface area (Å²) in [4.78, 5) is 13.2. The van der Waals surface area contributed by atoms with Gasteiger partial charge in [0, 0.05) is 38.0 Å². The third kappa shape index (κ3) is 2.98. The SMILES string of the molecule is CC(=O)N1CCC(NC2CC2c2ccccc2)CC1. The summed E-state index contributed by atoms with van der Waals surface area (Å²) in [5.74, 6) is 0.916. The second-order valence-electron chi connectivity index (χ2n) is 5.81. The summed E-state index contributed by atoms with van der Waals surface area (Å²) in [5.41, 5.74) is 1.46. The van der Waals surface area contributed by atoms with E-state index in [1.165, 1.54) is 12.0 Å². The maximum atomic E-state index is 11.3. The van der Waals surface area contributed by atoms with E-state index in [0.717, 1.165) is 25.9 Å². The lowest BCUT2D eigenvalue weighted by Crippen LogP contribution is -2.45. The van der Waals surface area contributed by atoms with Crippen molar-refractivity contribution in [2.24, 2.45) is 0 Å². The van der Waals surface area contributed by atoms with Gasteiger partial charge in [0.2, 0.25) is 5.91 Å². The molecule has 1 aliphatic carbocycles. The van der Waals surface area contributed by atoms with Crippen LogP contribution < -0.4 is 5.32 Å². The number of carbonyl (C=O) groups is 1. The van der Waals surface area contributed by atoms with Crippen LogP contribution in [0.3, 0.4) is 0 Å². The molecule has 19 heavy (non-hydrogen) atoms. The number of piperidine rings is 1. The molecule has 0 radical (unpaired) electrons. The van der Waals surface area contributed by atoms with Crippen LogP contribution in [-0.4, -0.2) is 36.0 Å². The van der Waals surface area contributed by atoms with E-state index in [0.29, 0.717) is 18.0 Å². The third-order valence-corrected chi connectivity index (χ3v) is 4.41. The zero-order valence-electron chi connectivity index (χ0n) is 11.5. The van der Waals surface area contributed by atoms with Gasteiger partial charge >= 0.3 is 0 Å². The smallest absolute Gasteiger partial charge is 0.219 e. The molecule has 0 aromatic heterocycles. The van der Waals surface area contributed by atoms with Crippen molar-refractivity contribution in [2.45, 2.75) is 44.2 Å². The number of nitrogens with one attached hydrogen (secondary N) is 1. The summed E-state index contributed by atoms with van der Waals surface area (Å²) < 4.78 is 0. The first-order chi connectivity index (χ1) is 9.24. The molecule has 2 fully saturated rings. The van der Waals surface area contributed by atoms with Crippen molar-refractivity contribution in [3.05, 3.63) is 35.9 Å². The standard InChI is InChI=1S/C16H22N2O/c1-12(19)18-9-7-14(8-10-18)17-16-11-15(16)13-5-3-2-4-6-13/h2-6,14-17H,7-11H2,1H3. The molecule has 1 heterocycles. The molecular weight excluding hydrogens is 236 g/mol. The molecule has 2 aliphatic rings. The minimum atomic E-state index is 0.215. The zero-order chi connectivity index (χ0) is 13.2. The molecule has 3 heteroatoms. The van der Waals surface area contributed by atoms with Gasteiger partial charge in [-0.15, -0.1) is 0 Å². The Kier molecular flexibility index (Phi) is 3.56. The normalized spacial score (nSPS) is 27.3. The van der Waals surface area contributed by atoms with Gasteiger partial charge in [0.05, 0.1) is 0 Å². The number of hydrogen-bond donors (Lipinski definition) is 1. The molecule has 3 nitrogen and oxygen atoms in total. The van der Waals surface area contributed by atoms with Gasteiger partial charge in [0.25, 0.3) is 0 Å². The molecule has 1 N–H and O–H groups in total. The maximum Gasteiger partial charge on any atom is 0.219 e. The number of hydrogen-bond acceptors (Lipinski definition) is 2. The molecule has 2 atom stereocenters. The molecule has 1 saturated carbocycles. The van der Waals surface area contributed by atoms with Gasteiger partial charge < -0.3 is 10.2 Å². The third-order valence-electron chi connectivity index (χ3n) is 4.41. The predicted octanol–water partition coefficient (Wildman–Crippen LogP) is 2.14. The molecule has 1 aromatic carbocycles. The van der Waals surface area contributed by atoms with Crippen molar-refractivity contribution in [1.82, 2.24) is 10.2 Å². The molecule has 102 valence electrons. The Morgan fingerprint density at radius 1 is 1.21 bits per heavy atom. The minimum Gasteiger partial charge on any atom is -0.343 e. The van der Waals surface area contributed by atoms with Crippen molar-refractivity contribution >= 4 is 5.91 Å². The number of amides is 1. The fraction of sp³-hybridized carbons (Fsp3) is 0.562. The molecule has 0 bridgehead atoms. The van der Waals surface area contributed by atoms with Crippen molar-refractivity contribution in [2.75, 3.05) is 13.1 Å². The van der Waals surface area contributed by atoms with E-state index in [9.17, 15) is 4.79 Å². The molecule has 0 spiro atoms. The van der Waals surface area contributed by atoms with Gasteiger partial charge in [-0.2, -0.15) is 0 Å². The minimum absolute atomic E-state index is 0.215. The monoisotopic (exact) mass is 258 g/mol. The number of nitrogens with zero attached hydrogens (tertiary/aromatic N) is 1.